The minimum atomic E-state index is -0.728. The number of hydrogen-bond donors (Lipinski definition) is 3. The highest BCUT2D eigenvalue weighted by molar-refractivity contribution is 5.94. The second kappa shape index (κ2) is 6.20. The van der Waals surface area contributed by atoms with E-state index >= 15 is 0 Å². The van der Waals surface area contributed by atoms with Crippen molar-refractivity contribution in [1.29, 1.82) is 0 Å². The molecule has 17 heavy (non-hydrogen) atoms. The van der Waals surface area contributed by atoms with Gasteiger partial charge >= 0.3 is 0 Å². The lowest BCUT2D eigenvalue weighted by Gasteiger charge is -2.13. The van der Waals surface area contributed by atoms with Crippen LogP contribution >= 0.6 is 0 Å². The van der Waals surface area contributed by atoms with Crippen LogP contribution in [0.3, 0.4) is 0 Å². The number of carbonyl (C=O) groups excluding carboxylic acids is 1. The predicted molar refractivity (Wildman–Crippen MR) is 63.3 cm³/mol. The van der Waals surface area contributed by atoms with Gasteiger partial charge in [-0.3, -0.25) is 4.79 Å². The van der Waals surface area contributed by atoms with E-state index in [0.29, 0.717) is 6.54 Å². The number of phenolic OH excluding ortho intramolecular Hbond substituents is 1. The molecule has 1 aromatic rings. The van der Waals surface area contributed by atoms with Gasteiger partial charge in [0.25, 0.3) is 5.91 Å². The lowest BCUT2D eigenvalue weighted by Crippen LogP contribution is -2.33. The largest absolute Gasteiger partial charge is 0.508 e. The number of halogens is 1. The Morgan fingerprint density at radius 2 is 2.29 bits per heavy atom. The van der Waals surface area contributed by atoms with Gasteiger partial charge in [0.05, 0.1) is 5.56 Å². The van der Waals surface area contributed by atoms with Gasteiger partial charge in [-0.15, -0.1) is 0 Å². The molecule has 0 bridgehead atoms. The van der Waals surface area contributed by atoms with Crippen LogP contribution in [0.5, 0.6) is 5.75 Å². The first-order valence-electron chi connectivity index (χ1n) is 5.54. The summed E-state index contributed by atoms with van der Waals surface area (Å²) in [6.45, 7) is 2.40. The lowest BCUT2D eigenvalue weighted by molar-refractivity contribution is 0.0934. The second-order valence-electron chi connectivity index (χ2n) is 3.97. The Morgan fingerprint density at radius 3 is 2.88 bits per heavy atom. The fourth-order valence-electron chi connectivity index (χ4n) is 1.49. The summed E-state index contributed by atoms with van der Waals surface area (Å²) in [5, 5.41) is 11.7. The van der Waals surface area contributed by atoms with Crippen molar-refractivity contribution in [3.63, 3.8) is 0 Å². The zero-order chi connectivity index (χ0) is 12.8. The fourth-order valence-corrected chi connectivity index (χ4v) is 1.49. The molecule has 1 amide bonds. The first kappa shape index (κ1) is 13.4. The summed E-state index contributed by atoms with van der Waals surface area (Å²) >= 11 is 0. The SMILES string of the molecule is CC(CCCN)NC(=O)c1ccc(O)cc1F. The highest BCUT2D eigenvalue weighted by Gasteiger charge is 2.14. The van der Waals surface area contributed by atoms with E-state index in [9.17, 15) is 9.18 Å². The van der Waals surface area contributed by atoms with Crippen molar-refractivity contribution in [3.8, 4) is 5.75 Å². The van der Waals surface area contributed by atoms with Crippen molar-refractivity contribution in [3.05, 3.63) is 29.6 Å². The quantitative estimate of drug-likeness (QED) is 0.728. The van der Waals surface area contributed by atoms with Crippen LogP contribution in [-0.4, -0.2) is 23.6 Å². The summed E-state index contributed by atoms with van der Waals surface area (Å²) < 4.78 is 13.4. The summed E-state index contributed by atoms with van der Waals surface area (Å²) in [6.07, 6.45) is 1.56. The first-order chi connectivity index (χ1) is 8.04. The van der Waals surface area contributed by atoms with Crippen molar-refractivity contribution >= 4 is 5.91 Å². The van der Waals surface area contributed by atoms with Crippen molar-refractivity contribution in [2.45, 2.75) is 25.8 Å². The van der Waals surface area contributed by atoms with Crippen molar-refractivity contribution in [1.82, 2.24) is 5.32 Å². The van der Waals surface area contributed by atoms with E-state index in [1.807, 2.05) is 6.92 Å². The Bertz CT molecular complexity index is 396. The van der Waals surface area contributed by atoms with Crippen molar-refractivity contribution in [2.75, 3.05) is 6.54 Å². The van der Waals surface area contributed by atoms with E-state index in [0.717, 1.165) is 18.9 Å². The number of benzene rings is 1. The average molecular weight is 240 g/mol. The van der Waals surface area contributed by atoms with Gasteiger partial charge in [-0.25, -0.2) is 4.39 Å². The Balaban J connectivity index is 2.63. The van der Waals surface area contributed by atoms with Gasteiger partial charge in [0, 0.05) is 12.1 Å². The van der Waals surface area contributed by atoms with Crippen LogP contribution in [0.2, 0.25) is 0 Å². The van der Waals surface area contributed by atoms with Gasteiger partial charge in [-0.1, -0.05) is 0 Å². The van der Waals surface area contributed by atoms with Gasteiger partial charge < -0.3 is 16.2 Å². The van der Waals surface area contributed by atoms with Crippen molar-refractivity contribution in [2.24, 2.45) is 5.73 Å². The number of nitrogens with two attached hydrogens (primary N) is 1. The molecular formula is C12H17FN2O2. The van der Waals surface area contributed by atoms with Crippen LogP contribution in [-0.2, 0) is 0 Å². The maximum absolute atomic E-state index is 13.4. The monoisotopic (exact) mass is 240 g/mol. The van der Waals surface area contributed by atoms with E-state index in [1.165, 1.54) is 12.1 Å². The van der Waals surface area contributed by atoms with Crippen LogP contribution < -0.4 is 11.1 Å². The summed E-state index contributed by atoms with van der Waals surface area (Å²) in [6, 6.07) is 3.40. The third-order valence-corrected chi connectivity index (χ3v) is 2.42. The Hall–Kier alpha value is -1.62. The van der Waals surface area contributed by atoms with Crippen LogP contribution in [0.4, 0.5) is 4.39 Å². The van der Waals surface area contributed by atoms with E-state index in [4.69, 9.17) is 10.8 Å². The van der Waals surface area contributed by atoms with Crippen molar-refractivity contribution < 1.29 is 14.3 Å². The third kappa shape index (κ3) is 4.03. The molecule has 1 rings (SSSR count). The number of nitrogens with one attached hydrogen (secondary N) is 1. The van der Waals surface area contributed by atoms with E-state index < -0.39 is 11.7 Å². The van der Waals surface area contributed by atoms with Crippen LogP contribution in [0.25, 0.3) is 0 Å². The van der Waals surface area contributed by atoms with Gasteiger partial charge in [0.2, 0.25) is 0 Å². The third-order valence-electron chi connectivity index (χ3n) is 2.42. The van der Waals surface area contributed by atoms with Crippen LogP contribution in [0, 0.1) is 5.82 Å². The number of aromatic hydroxyl groups is 1. The molecule has 5 heteroatoms. The highest BCUT2D eigenvalue weighted by Crippen LogP contribution is 2.15. The Labute approximate surface area is 99.6 Å². The molecule has 0 aliphatic carbocycles. The molecule has 1 atom stereocenters. The summed E-state index contributed by atoms with van der Waals surface area (Å²) in [7, 11) is 0. The number of hydrogen-bond acceptors (Lipinski definition) is 3. The molecule has 0 fully saturated rings. The molecule has 0 aromatic heterocycles. The molecule has 0 aliphatic rings. The molecule has 0 saturated carbocycles. The molecule has 0 heterocycles. The average Bonchev–Trinajstić information content (AvgIpc) is 2.26. The topological polar surface area (TPSA) is 75.3 Å². The van der Waals surface area contributed by atoms with E-state index in [-0.39, 0.29) is 17.4 Å². The molecule has 0 radical (unpaired) electrons. The first-order valence-corrected chi connectivity index (χ1v) is 5.54. The van der Waals surface area contributed by atoms with Crippen LogP contribution in [0.1, 0.15) is 30.1 Å². The number of rotatable bonds is 5. The van der Waals surface area contributed by atoms with E-state index in [1.54, 1.807) is 0 Å². The number of carbonyl (C=O) groups is 1. The zero-order valence-electron chi connectivity index (χ0n) is 9.74. The van der Waals surface area contributed by atoms with Crippen LogP contribution in [0.15, 0.2) is 18.2 Å². The van der Waals surface area contributed by atoms with Gasteiger partial charge in [0.1, 0.15) is 11.6 Å². The molecule has 4 N–H and O–H groups in total. The number of amides is 1. The molecule has 1 aromatic carbocycles. The molecule has 0 aliphatic heterocycles. The minimum Gasteiger partial charge on any atom is -0.508 e. The maximum atomic E-state index is 13.4. The fraction of sp³-hybridized carbons (Fsp3) is 0.417. The van der Waals surface area contributed by atoms with Gasteiger partial charge in [0.15, 0.2) is 0 Å². The standard InChI is InChI=1S/C12H17FN2O2/c1-8(3-2-6-14)15-12(17)10-5-4-9(16)7-11(10)13/h4-5,7-8,16H,2-3,6,14H2,1H3,(H,15,17). The lowest BCUT2D eigenvalue weighted by atomic mass is 10.1. The molecular weight excluding hydrogens is 223 g/mol. The summed E-state index contributed by atoms with van der Waals surface area (Å²) in [5.41, 5.74) is 5.29. The zero-order valence-corrected chi connectivity index (χ0v) is 9.74. The Morgan fingerprint density at radius 1 is 1.59 bits per heavy atom. The smallest absolute Gasteiger partial charge is 0.254 e. The molecule has 0 spiro atoms. The van der Waals surface area contributed by atoms with Gasteiger partial charge in [-0.2, -0.15) is 0 Å². The maximum Gasteiger partial charge on any atom is 0.254 e. The van der Waals surface area contributed by atoms with Gasteiger partial charge in [-0.05, 0) is 38.4 Å². The second-order valence-corrected chi connectivity index (χ2v) is 3.97. The highest BCUT2D eigenvalue weighted by atomic mass is 19.1. The Kier molecular flexibility index (Phi) is 4.90. The molecule has 94 valence electrons. The predicted octanol–water partition coefficient (Wildman–Crippen LogP) is 1.39. The molecule has 4 nitrogen and oxygen atoms in total. The molecule has 0 saturated heterocycles. The number of phenols is 1. The minimum absolute atomic E-state index is 0.0562. The normalized spacial score (nSPS) is 12.2. The molecule has 1 unspecified atom stereocenters. The summed E-state index contributed by atoms with van der Waals surface area (Å²) in [5.74, 6) is -1.41. The summed E-state index contributed by atoms with van der Waals surface area (Å²) in [4.78, 5) is 11.7. The van der Waals surface area contributed by atoms with E-state index in [2.05, 4.69) is 5.32 Å².